The van der Waals surface area contributed by atoms with Gasteiger partial charge in [0.25, 0.3) is 0 Å². The summed E-state index contributed by atoms with van der Waals surface area (Å²) in [7, 11) is 1.48. The third kappa shape index (κ3) is 5.89. The van der Waals surface area contributed by atoms with Crippen LogP contribution in [0.4, 0.5) is 0 Å². The first-order valence-electron chi connectivity index (χ1n) is 8.89. The van der Waals surface area contributed by atoms with Gasteiger partial charge in [-0.1, -0.05) is 25.8 Å². The molecule has 0 spiro atoms. The molecule has 0 aliphatic carbocycles. The lowest BCUT2D eigenvalue weighted by Crippen LogP contribution is -2.34. The summed E-state index contributed by atoms with van der Waals surface area (Å²) in [5, 5.41) is -0.319. The molecule has 1 aliphatic rings. The van der Waals surface area contributed by atoms with Crippen molar-refractivity contribution in [3.63, 3.8) is 0 Å². The minimum atomic E-state index is -0.445. The van der Waals surface area contributed by atoms with Crippen molar-refractivity contribution < 1.29 is 28.6 Å². The van der Waals surface area contributed by atoms with Crippen molar-refractivity contribution in [2.75, 3.05) is 26.0 Å². The maximum atomic E-state index is 12.2. The fraction of sp³-hybridized carbons (Fsp3) is 0.526. The Morgan fingerprint density at radius 1 is 1.26 bits per heavy atom. The van der Waals surface area contributed by atoms with Crippen LogP contribution in [0.1, 0.15) is 44.0 Å². The lowest BCUT2D eigenvalue weighted by atomic mass is 10.1. The van der Waals surface area contributed by atoms with Gasteiger partial charge in [-0.25, -0.2) is 0 Å². The number of rotatable bonds is 9. The fourth-order valence-electron chi connectivity index (χ4n) is 2.70. The summed E-state index contributed by atoms with van der Waals surface area (Å²) in [6.07, 6.45) is 2.87. The van der Waals surface area contributed by atoms with Gasteiger partial charge in [0, 0.05) is 6.92 Å². The van der Waals surface area contributed by atoms with Crippen molar-refractivity contribution in [2.45, 2.75) is 38.5 Å². The number of ether oxygens (including phenoxy) is 3. The molecule has 1 aromatic carbocycles. The summed E-state index contributed by atoms with van der Waals surface area (Å²) in [5.41, 5.74) is 0.789. The van der Waals surface area contributed by atoms with E-state index in [1.165, 1.54) is 30.7 Å². The van der Waals surface area contributed by atoms with Gasteiger partial charge < -0.3 is 19.1 Å². The van der Waals surface area contributed by atoms with Gasteiger partial charge in [-0.05, 0) is 24.1 Å². The van der Waals surface area contributed by atoms with E-state index < -0.39 is 11.9 Å². The van der Waals surface area contributed by atoms with Crippen molar-refractivity contribution in [3.05, 3.63) is 23.8 Å². The molecule has 1 amide bonds. The number of unbranched alkanes of at least 4 members (excludes halogenated alkanes) is 2. The molecule has 0 saturated carbocycles. The first-order chi connectivity index (χ1) is 13.0. The van der Waals surface area contributed by atoms with Crippen LogP contribution in [-0.4, -0.2) is 48.8 Å². The molecule has 2 rings (SSSR count). The van der Waals surface area contributed by atoms with Crippen molar-refractivity contribution in [2.24, 2.45) is 0 Å². The lowest BCUT2D eigenvalue weighted by Gasteiger charge is -2.24. The van der Waals surface area contributed by atoms with Gasteiger partial charge in [-0.3, -0.25) is 14.4 Å². The number of amides is 1. The van der Waals surface area contributed by atoms with E-state index in [-0.39, 0.29) is 17.8 Å². The van der Waals surface area contributed by atoms with E-state index in [0.29, 0.717) is 23.9 Å². The number of nitrogens with zero attached hydrogens (tertiary/aromatic N) is 1. The summed E-state index contributed by atoms with van der Waals surface area (Å²) in [4.78, 5) is 37.0. The summed E-state index contributed by atoms with van der Waals surface area (Å²) in [6, 6.07) is 5.10. The second-order valence-electron chi connectivity index (χ2n) is 6.12. The molecule has 1 fully saturated rings. The maximum Gasteiger partial charge on any atom is 0.325 e. The molecule has 27 heavy (non-hydrogen) atoms. The maximum absolute atomic E-state index is 12.2. The van der Waals surface area contributed by atoms with Crippen molar-refractivity contribution >= 4 is 29.6 Å². The Bertz CT molecular complexity index is 693. The largest absolute Gasteiger partial charge is 0.493 e. The van der Waals surface area contributed by atoms with Crippen LogP contribution in [-0.2, 0) is 19.1 Å². The molecule has 8 heteroatoms. The van der Waals surface area contributed by atoms with Crippen LogP contribution in [0.5, 0.6) is 11.5 Å². The quantitative estimate of drug-likeness (QED) is 0.361. The Kier molecular flexibility index (Phi) is 7.97. The van der Waals surface area contributed by atoms with Gasteiger partial charge in [-0.15, -0.1) is 11.8 Å². The molecular formula is C19H25NO6S. The van der Waals surface area contributed by atoms with Crippen molar-refractivity contribution in [1.29, 1.82) is 0 Å². The molecule has 0 bridgehead atoms. The second-order valence-corrected chi connectivity index (χ2v) is 7.19. The zero-order valence-electron chi connectivity index (χ0n) is 15.9. The summed E-state index contributed by atoms with van der Waals surface area (Å²) >= 11 is 1.43. The SMILES string of the molecule is CCCCCOC(=O)CN1C(=O)CSC1c1ccc(OC(C)=O)c(OC)c1. The van der Waals surface area contributed by atoms with Gasteiger partial charge >= 0.3 is 11.9 Å². The molecule has 1 unspecified atom stereocenters. The Hall–Kier alpha value is -2.22. The number of esters is 2. The highest BCUT2D eigenvalue weighted by atomic mass is 32.2. The van der Waals surface area contributed by atoms with Crippen molar-refractivity contribution in [3.8, 4) is 11.5 Å². The zero-order chi connectivity index (χ0) is 19.8. The molecule has 1 aromatic rings. The van der Waals surface area contributed by atoms with Crippen LogP contribution < -0.4 is 9.47 Å². The van der Waals surface area contributed by atoms with E-state index in [0.717, 1.165) is 24.8 Å². The molecule has 0 aromatic heterocycles. The van der Waals surface area contributed by atoms with Crippen molar-refractivity contribution in [1.82, 2.24) is 4.90 Å². The molecular weight excluding hydrogens is 370 g/mol. The predicted octanol–water partition coefficient (Wildman–Crippen LogP) is 2.93. The summed E-state index contributed by atoms with van der Waals surface area (Å²) < 4.78 is 15.6. The minimum Gasteiger partial charge on any atom is -0.493 e. The fourth-order valence-corrected chi connectivity index (χ4v) is 3.88. The number of benzene rings is 1. The third-order valence-corrected chi connectivity index (χ3v) is 5.26. The number of carbonyl (C=O) groups excluding carboxylic acids is 3. The van der Waals surface area contributed by atoms with Crippen LogP contribution >= 0.6 is 11.8 Å². The van der Waals surface area contributed by atoms with Gasteiger partial charge in [-0.2, -0.15) is 0 Å². The molecule has 1 heterocycles. The van der Waals surface area contributed by atoms with E-state index in [1.54, 1.807) is 18.2 Å². The first kappa shape index (κ1) is 21.1. The van der Waals surface area contributed by atoms with Crippen LogP contribution in [0.3, 0.4) is 0 Å². The van der Waals surface area contributed by atoms with E-state index in [9.17, 15) is 14.4 Å². The number of hydrogen-bond donors (Lipinski definition) is 0. The van der Waals surface area contributed by atoms with Gasteiger partial charge in [0.05, 0.1) is 19.5 Å². The number of hydrogen-bond acceptors (Lipinski definition) is 7. The Labute approximate surface area is 163 Å². The second kappa shape index (κ2) is 10.2. The monoisotopic (exact) mass is 395 g/mol. The van der Waals surface area contributed by atoms with E-state index >= 15 is 0 Å². The van der Waals surface area contributed by atoms with E-state index in [4.69, 9.17) is 14.2 Å². The number of carbonyl (C=O) groups is 3. The first-order valence-corrected chi connectivity index (χ1v) is 9.94. The number of thioether (sulfide) groups is 1. The molecule has 1 saturated heterocycles. The molecule has 7 nitrogen and oxygen atoms in total. The summed E-state index contributed by atoms with van der Waals surface area (Å²) in [5.74, 6) is 0.0320. The van der Waals surface area contributed by atoms with Gasteiger partial charge in [0.1, 0.15) is 11.9 Å². The van der Waals surface area contributed by atoms with E-state index in [1.807, 2.05) is 0 Å². The minimum absolute atomic E-state index is 0.0867. The third-order valence-electron chi connectivity index (χ3n) is 4.01. The van der Waals surface area contributed by atoms with Gasteiger partial charge in [0.2, 0.25) is 5.91 Å². The Morgan fingerprint density at radius 2 is 2.04 bits per heavy atom. The predicted molar refractivity (Wildman–Crippen MR) is 102 cm³/mol. The highest BCUT2D eigenvalue weighted by Crippen LogP contribution is 2.41. The molecule has 0 radical (unpaired) electrons. The van der Waals surface area contributed by atoms with Crippen LogP contribution in [0.25, 0.3) is 0 Å². The topological polar surface area (TPSA) is 82.1 Å². The average Bonchev–Trinajstić information content (AvgIpc) is 2.99. The smallest absolute Gasteiger partial charge is 0.325 e. The average molecular weight is 395 g/mol. The highest BCUT2D eigenvalue weighted by Gasteiger charge is 2.35. The molecule has 1 atom stereocenters. The zero-order valence-corrected chi connectivity index (χ0v) is 16.7. The van der Waals surface area contributed by atoms with E-state index in [2.05, 4.69) is 6.92 Å². The molecule has 0 N–H and O–H groups in total. The van der Waals surface area contributed by atoms with Crippen LogP contribution in [0.2, 0.25) is 0 Å². The molecule has 148 valence electrons. The Morgan fingerprint density at radius 3 is 2.70 bits per heavy atom. The lowest BCUT2D eigenvalue weighted by molar-refractivity contribution is -0.148. The van der Waals surface area contributed by atoms with Gasteiger partial charge in [0.15, 0.2) is 11.5 Å². The van der Waals surface area contributed by atoms with Crippen LogP contribution in [0.15, 0.2) is 18.2 Å². The summed E-state index contributed by atoms with van der Waals surface area (Å²) in [6.45, 7) is 3.67. The molecule has 1 aliphatic heterocycles. The standard InChI is InChI=1S/C19H25NO6S/c1-4-5-6-9-25-18(23)11-20-17(22)12-27-19(20)14-7-8-15(26-13(2)21)16(10-14)24-3/h7-8,10,19H,4-6,9,11-12H2,1-3H3. The van der Waals surface area contributed by atoms with Crippen LogP contribution in [0, 0.1) is 0 Å². The highest BCUT2D eigenvalue weighted by molar-refractivity contribution is 8.00. The number of methoxy groups -OCH3 is 1. The Balaban J connectivity index is 2.08. The normalized spacial score (nSPS) is 16.3.